The summed E-state index contributed by atoms with van der Waals surface area (Å²) in [6, 6.07) is 0. The number of hydrogen-bond acceptors (Lipinski definition) is 6. The third-order valence-electron chi connectivity index (χ3n) is 8.87. The van der Waals surface area contributed by atoms with Crippen LogP contribution in [0.2, 0.25) is 0 Å². The lowest BCUT2D eigenvalue weighted by Gasteiger charge is -2.18. The minimum atomic E-state index is -0.861. The van der Waals surface area contributed by atoms with Gasteiger partial charge in [-0.15, -0.1) is 0 Å². The minimum Gasteiger partial charge on any atom is -0.462 e. The predicted molar refractivity (Wildman–Crippen MR) is 260 cm³/mol. The van der Waals surface area contributed by atoms with Gasteiger partial charge in [0.25, 0.3) is 0 Å². The Morgan fingerprint density at radius 2 is 0.689 bits per heavy atom. The van der Waals surface area contributed by atoms with Gasteiger partial charge in [-0.3, -0.25) is 14.4 Å². The van der Waals surface area contributed by atoms with Crippen LogP contribution in [0.5, 0.6) is 0 Å². The molecule has 0 aliphatic heterocycles. The molecule has 338 valence electrons. The summed E-state index contributed by atoms with van der Waals surface area (Å²) < 4.78 is 16.5. The van der Waals surface area contributed by atoms with E-state index in [9.17, 15) is 14.4 Å². The molecule has 0 rings (SSSR count). The predicted octanol–water partition coefficient (Wildman–Crippen LogP) is 15.3. The van der Waals surface area contributed by atoms with Gasteiger partial charge in [0, 0.05) is 12.8 Å². The first-order valence-electron chi connectivity index (χ1n) is 23.3. The van der Waals surface area contributed by atoms with Crippen LogP contribution in [0.4, 0.5) is 0 Å². The molecule has 0 aromatic heterocycles. The van der Waals surface area contributed by atoms with Crippen molar-refractivity contribution in [2.45, 2.75) is 168 Å². The molecule has 6 nitrogen and oxygen atoms in total. The average molecular weight is 839 g/mol. The van der Waals surface area contributed by atoms with Gasteiger partial charge in [-0.2, -0.15) is 0 Å². The Bertz CT molecular complexity index is 1430. The summed E-state index contributed by atoms with van der Waals surface area (Å²) in [7, 11) is 0. The van der Waals surface area contributed by atoms with E-state index in [-0.39, 0.29) is 44.4 Å². The molecule has 1 atom stereocenters. The van der Waals surface area contributed by atoms with E-state index in [2.05, 4.69) is 142 Å². The monoisotopic (exact) mass is 839 g/mol. The number of rotatable bonds is 39. The van der Waals surface area contributed by atoms with Crippen molar-refractivity contribution in [1.29, 1.82) is 0 Å². The van der Waals surface area contributed by atoms with Crippen LogP contribution >= 0.6 is 0 Å². The molecule has 0 N–H and O–H groups in total. The molecule has 1 unspecified atom stereocenters. The maximum Gasteiger partial charge on any atom is 0.309 e. The van der Waals surface area contributed by atoms with Crippen LogP contribution in [-0.4, -0.2) is 37.2 Å². The summed E-state index contributed by atoms with van der Waals surface area (Å²) in [5, 5.41) is 0. The summed E-state index contributed by atoms with van der Waals surface area (Å²) in [5.74, 6) is -1.20. The van der Waals surface area contributed by atoms with E-state index >= 15 is 0 Å². The van der Waals surface area contributed by atoms with Crippen molar-refractivity contribution in [3.05, 3.63) is 146 Å². The molecule has 0 aromatic carbocycles. The van der Waals surface area contributed by atoms with Crippen molar-refractivity contribution in [3.8, 4) is 0 Å². The van der Waals surface area contributed by atoms with Crippen LogP contribution in [0.25, 0.3) is 0 Å². The van der Waals surface area contributed by atoms with E-state index in [1.807, 2.05) is 18.2 Å². The van der Waals surface area contributed by atoms with Gasteiger partial charge in [-0.1, -0.05) is 186 Å². The van der Waals surface area contributed by atoms with Crippen LogP contribution in [0.15, 0.2) is 146 Å². The third-order valence-corrected chi connectivity index (χ3v) is 8.87. The van der Waals surface area contributed by atoms with E-state index in [0.29, 0.717) is 12.8 Å². The largest absolute Gasteiger partial charge is 0.462 e. The van der Waals surface area contributed by atoms with Crippen LogP contribution in [0, 0.1) is 0 Å². The Kier molecular flexibility index (Phi) is 44.3. The molecule has 0 aliphatic carbocycles. The normalized spacial score (nSPS) is 13.4. The van der Waals surface area contributed by atoms with Gasteiger partial charge in [-0.25, -0.2) is 0 Å². The van der Waals surface area contributed by atoms with Gasteiger partial charge in [0.1, 0.15) is 13.2 Å². The fourth-order valence-corrected chi connectivity index (χ4v) is 5.48. The molecule has 0 saturated carbocycles. The first-order chi connectivity index (χ1) is 30.0. The van der Waals surface area contributed by atoms with Crippen molar-refractivity contribution in [2.75, 3.05) is 13.2 Å². The van der Waals surface area contributed by atoms with E-state index in [0.717, 1.165) is 109 Å². The fraction of sp³-hybridized carbons (Fsp3) is 0.509. The van der Waals surface area contributed by atoms with Gasteiger partial charge in [-0.05, 0) is 103 Å². The Morgan fingerprint density at radius 1 is 0.344 bits per heavy atom. The number of esters is 3. The molecule has 0 bridgehead atoms. The molecule has 0 fully saturated rings. The SMILES string of the molecule is CC/C=C\C/C=C\C/C=C\C/C=C\C/C=C\CC(=O)OCC(COC(=O)CC/C=C\C/C=C\C/C=C\C/C=C\CC)OC(=O)CCCCCCC/C=C\C/C=C\C/C=C\CC. The summed E-state index contributed by atoms with van der Waals surface area (Å²) in [4.78, 5) is 37.8. The number of allylic oxidation sites excluding steroid dienone is 23. The highest BCUT2D eigenvalue weighted by Gasteiger charge is 2.19. The second-order valence-corrected chi connectivity index (χ2v) is 14.5. The van der Waals surface area contributed by atoms with Gasteiger partial charge in [0.15, 0.2) is 6.10 Å². The summed E-state index contributed by atoms with van der Waals surface area (Å²) in [5.41, 5.74) is 0. The summed E-state index contributed by atoms with van der Waals surface area (Å²) in [6.07, 6.45) is 68.7. The topological polar surface area (TPSA) is 78.9 Å². The highest BCUT2D eigenvalue weighted by molar-refractivity contribution is 5.72. The quantitative estimate of drug-likeness (QED) is 0.0265. The summed E-state index contributed by atoms with van der Waals surface area (Å²) in [6.45, 7) is 6.08. The van der Waals surface area contributed by atoms with Crippen LogP contribution < -0.4 is 0 Å². The number of hydrogen-bond donors (Lipinski definition) is 0. The van der Waals surface area contributed by atoms with E-state index < -0.39 is 12.1 Å². The molecule has 0 aliphatic rings. The fourth-order valence-electron chi connectivity index (χ4n) is 5.48. The Hall–Kier alpha value is -4.71. The maximum absolute atomic E-state index is 12.7. The molecule has 0 amide bonds. The van der Waals surface area contributed by atoms with Crippen LogP contribution in [0.3, 0.4) is 0 Å². The van der Waals surface area contributed by atoms with Crippen molar-refractivity contribution in [3.63, 3.8) is 0 Å². The second kappa shape index (κ2) is 48.0. The smallest absolute Gasteiger partial charge is 0.309 e. The van der Waals surface area contributed by atoms with Crippen molar-refractivity contribution >= 4 is 17.9 Å². The zero-order valence-electron chi connectivity index (χ0n) is 38.4. The summed E-state index contributed by atoms with van der Waals surface area (Å²) >= 11 is 0. The van der Waals surface area contributed by atoms with Gasteiger partial charge in [0.2, 0.25) is 0 Å². The first-order valence-corrected chi connectivity index (χ1v) is 23.3. The van der Waals surface area contributed by atoms with Gasteiger partial charge < -0.3 is 14.2 Å². The van der Waals surface area contributed by atoms with Crippen LogP contribution in [0.1, 0.15) is 162 Å². The molecule has 0 aromatic rings. The van der Waals surface area contributed by atoms with Crippen LogP contribution in [-0.2, 0) is 28.6 Å². The van der Waals surface area contributed by atoms with Crippen molar-refractivity contribution < 1.29 is 28.6 Å². The lowest BCUT2D eigenvalue weighted by molar-refractivity contribution is -0.166. The third kappa shape index (κ3) is 46.2. The van der Waals surface area contributed by atoms with Crippen molar-refractivity contribution in [1.82, 2.24) is 0 Å². The van der Waals surface area contributed by atoms with E-state index in [1.165, 1.54) is 0 Å². The standard InChI is InChI=1S/C55H82O6/c1-4-7-10-13-16-19-22-25-27-30-33-36-39-42-45-48-54(57)60-51-52(50-59-53(56)47-44-41-38-35-32-29-24-21-18-15-12-9-6-3)61-55(58)49-46-43-40-37-34-31-28-26-23-20-17-14-11-8-5-2/h7-12,16-21,25-29,32-33,36,38,41-42,45,52H,4-6,13-15,22-24,30-31,34-35,37,39-40,43-44,46-51H2,1-3H3/b10-7-,11-8-,12-9-,19-16-,20-17-,21-18-,27-25-,28-26-,32-29-,36-33-,41-38-,45-42-. The van der Waals surface area contributed by atoms with Gasteiger partial charge >= 0.3 is 17.9 Å². The van der Waals surface area contributed by atoms with Crippen molar-refractivity contribution in [2.24, 2.45) is 0 Å². The van der Waals surface area contributed by atoms with E-state index in [4.69, 9.17) is 14.2 Å². The highest BCUT2D eigenvalue weighted by Crippen LogP contribution is 2.10. The molecular formula is C55H82O6. The Labute approximate surface area is 372 Å². The lowest BCUT2D eigenvalue weighted by atomic mass is 10.1. The zero-order valence-corrected chi connectivity index (χ0v) is 38.4. The molecule has 0 radical (unpaired) electrons. The molecular weight excluding hydrogens is 757 g/mol. The van der Waals surface area contributed by atoms with Gasteiger partial charge in [0.05, 0.1) is 6.42 Å². The zero-order chi connectivity index (χ0) is 44.4. The molecule has 6 heteroatoms. The molecule has 0 heterocycles. The highest BCUT2D eigenvalue weighted by atomic mass is 16.6. The lowest BCUT2D eigenvalue weighted by Crippen LogP contribution is -2.30. The minimum absolute atomic E-state index is 0.104. The number of carbonyl (C=O) groups is 3. The average Bonchev–Trinajstić information content (AvgIpc) is 3.26. The molecule has 0 spiro atoms. The number of carbonyl (C=O) groups excluding carboxylic acids is 3. The molecule has 61 heavy (non-hydrogen) atoms. The molecule has 0 saturated heterocycles. The second-order valence-electron chi connectivity index (χ2n) is 14.5. The maximum atomic E-state index is 12.7. The Balaban J connectivity index is 4.67. The van der Waals surface area contributed by atoms with E-state index in [1.54, 1.807) is 6.08 Å². The first kappa shape index (κ1) is 56.3. The number of ether oxygens (including phenoxy) is 3. The number of unbranched alkanes of at least 4 members (excludes halogenated alkanes) is 5. The Morgan fingerprint density at radius 3 is 1.13 bits per heavy atom.